The number of carbonyl (C=O) groups excluding carboxylic acids is 1. The van der Waals surface area contributed by atoms with Crippen LogP contribution in [-0.4, -0.2) is 43.1 Å². The smallest absolute Gasteiger partial charge is 0.231 e. The van der Waals surface area contributed by atoms with Crippen molar-refractivity contribution in [2.24, 2.45) is 7.05 Å². The molecule has 0 bridgehead atoms. The number of carbonyl (C=O) groups is 1. The van der Waals surface area contributed by atoms with E-state index in [1.165, 1.54) is 11.8 Å². The van der Waals surface area contributed by atoms with Gasteiger partial charge in [0, 0.05) is 25.0 Å². The molecule has 2 heterocycles. The molecule has 0 saturated carbocycles. The van der Waals surface area contributed by atoms with E-state index in [0.29, 0.717) is 10.9 Å². The number of hydrogen-bond acceptors (Lipinski definition) is 6. The van der Waals surface area contributed by atoms with E-state index in [4.69, 9.17) is 4.74 Å². The highest BCUT2D eigenvalue weighted by Crippen LogP contribution is 2.30. The van der Waals surface area contributed by atoms with Crippen molar-refractivity contribution >= 4 is 17.7 Å². The predicted molar refractivity (Wildman–Crippen MR) is 132 cm³/mol. The molecule has 1 amide bonds. The van der Waals surface area contributed by atoms with Gasteiger partial charge in [-0.05, 0) is 44.0 Å². The van der Waals surface area contributed by atoms with Gasteiger partial charge in [0.05, 0.1) is 18.6 Å². The van der Waals surface area contributed by atoms with Crippen LogP contribution in [-0.2, 0) is 11.8 Å². The number of thioether (sulfide) groups is 1. The largest absolute Gasteiger partial charge is 0.496 e. The first kappa shape index (κ1) is 23.6. The van der Waals surface area contributed by atoms with E-state index in [9.17, 15) is 4.79 Å². The van der Waals surface area contributed by atoms with Crippen molar-refractivity contribution in [1.82, 2.24) is 29.6 Å². The van der Waals surface area contributed by atoms with Crippen molar-refractivity contribution in [3.63, 3.8) is 0 Å². The number of nitrogens with one attached hydrogen (secondary N) is 1. The van der Waals surface area contributed by atoms with E-state index >= 15 is 0 Å². The van der Waals surface area contributed by atoms with Crippen LogP contribution >= 0.6 is 11.8 Å². The Labute approximate surface area is 203 Å². The lowest BCUT2D eigenvalue weighted by atomic mass is 10.0. The fourth-order valence-electron chi connectivity index (χ4n) is 3.85. The Kier molecular flexibility index (Phi) is 7.02. The van der Waals surface area contributed by atoms with E-state index in [2.05, 4.69) is 52.5 Å². The van der Waals surface area contributed by atoms with Gasteiger partial charge in [0.15, 0.2) is 5.16 Å². The lowest BCUT2D eigenvalue weighted by Gasteiger charge is -2.21. The molecule has 0 spiro atoms. The van der Waals surface area contributed by atoms with Crippen molar-refractivity contribution in [3.05, 3.63) is 83.2 Å². The first-order chi connectivity index (χ1) is 16.4. The number of ether oxygens (including phenoxy) is 1. The molecule has 0 radical (unpaired) electrons. The van der Waals surface area contributed by atoms with Gasteiger partial charge in [-0.2, -0.15) is 0 Å². The van der Waals surface area contributed by atoms with Gasteiger partial charge in [0.25, 0.3) is 0 Å². The molecule has 4 aromatic rings. The minimum absolute atomic E-state index is 0.142. The number of rotatable bonds is 8. The number of imidazole rings is 1. The summed E-state index contributed by atoms with van der Waals surface area (Å²) in [6.45, 7) is 6.02. The second kappa shape index (κ2) is 10.1. The Morgan fingerprint density at radius 3 is 2.68 bits per heavy atom. The van der Waals surface area contributed by atoms with Gasteiger partial charge >= 0.3 is 0 Å². The zero-order valence-corrected chi connectivity index (χ0v) is 20.8. The molecule has 9 heteroatoms. The third kappa shape index (κ3) is 4.84. The van der Waals surface area contributed by atoms with E-state index in [1.807, 2.05) is 53.6 Å². The molecule has 1 unspecified atom stereocenters. The molecule has 2 aromatic carbocycles. The number of para-hydroxylation sites is 1. The second-order valence-corrected chi connectivity index (χ2v) is 9.03. The van der Waals surface area contributed by atoms with Crippen molar-refractivity contribution in [2.45, 2.75) is 32.0 Å². The van der Waals surface area contributed by atoms with Gasteiger partial charge in [-0.1, -0.05) is 42.1 Å². The number of hydrogen-bond donors (Lipinski definition) is 1. The molecule has 2 aromatic heterocycles. The van der Waals surface area contributed by atoms with E-state index in [1.54, 1.807) is 13.3 Å². The van der Waals surface area contributed by atoms with Crippen LogP contribution in [0.2, 0.25) is 0 Å². The summed E-state index contributed by atoms with van der Waals surface area (Å²) in [6, 6.07) is 13.4. The maximum Gasteiger partial charge on any atom is 0.231 e. The third-order valence-corrected chi connectivity index (χ3v) is 6.53. The quantitative estimate of drug-likeness (QED) is 0.388. The monoisotopic (exact) mass is 476 g/mol. The number of amides is 1. The molecule has 0 fully saturated rings. The van der Waals surface area contributed by atoms with Gasteiger partial charge < -0.3 is 14.6 Å². The summed E-state index contributed by atoms with van der Waals surface area (Å²) in [4.78, 5) is 17.6. The number of methoxy groups -OCH3 is 1. The highest BCUT2D eigenvalue weighted by Gasteiger charge is 2.24. The maximum atomic E-state index is 13.1. The Bertz CT molecular complexity index is 1310. The molecule has 8 nitrogen and oxygen atoms in total. The van der Waals surface area contributed by atoms with Crippen LogP contribution in [0.5, 0.6) is 5.75 Å². The van der Waals surface area contributed by atoms with E-state index in [0.717, 1.165) is 34.0 Å². The van der Waals surface area contributed by atoms with Crippen LogP contribution in [0.25, 0.3) is 5.69 Å². The molecule has 0 aliphatic heterocycles. The van der Waals surface area contributed by atoms with Crippen LogP contribution in [0.4, 0.5) is 0 Å². The molecule has 0 aliphatic rings. The first-order valence-corrected chi connectivity index (χ1v) is 11.9. The van der Waals surface area contributed by atoms with Gasteiger partial charge in [0.1, 0.15) is 23.4 Å². The SMILES string of the molecule is COc1ccccc1C(NC(=O)CSc1nnc(C)n1-c1cc(C)ccc1C)c1nccn1C. The molecule has 176 valence electrons. The summed E-state index contributed by atoms with van der Waals surface area (Å²) in [5, 5.41) is 12.4. The van der Waals surface area contributed by atoms with E-state index < -0.39 is 6.04 Å². The normalized spacial score (nSPS) is 11.9. The van der Waals surface area contributed by atoms with Gasteiger partial charge in [-0.3, -0.25) is 9.36 Å². The molecule has 34 heavy (non-hydrogen) atoms. The average molecular weight is 477 g/mol. The van der Waals surface area contributed by atoms with Crippen molar-refractivity contribution in [1.29, 1.82) is 0 Å². The Morgan fingerprint density at radius 1 is 1.15 bits per heavy atom. The molecular weight excluding hydrogens is 448 g/mol. The molecule has 0 aliphatic carbocycles. The molecule has 1 atom stereocenters. The van der Waals surface area contributed by atoms with Gasteiger partial charge in [-0.25, -0.2) is 4.98 Å². The topological polar surface area (TPSA) is 86.9 Å². The average Bonchev–Trinajstić information content (AvgIpc) is 3.42. The zero-order chi connectivity index (χ0) is 24.2. The summed E-state index contributed by atoms with van der Waals surface area (Å²) in [5.41, 5.74) is 4.13. The number of aromatic nitrogens is 5. The minimum Gasteiger partial charge on any atom is -0.496 e. The molecule has 1 N–H and O–H groups in total. The van der Waals surface area contributed by atoms with Crippen molar-refractivity contribution in [3.8, 4) is 11.4 Å². The molecule has 4 rings (SSSR count). The van der Waals surface area contributed by atoms with Crippen LogP contribution in [0.1, 0.15) is 34.4 Å². The van der Waals surface area contributed by atoms with Crippen LogP contribution in [0.15, 0.2) is 60.0 Å². The fourth-order valence-corrected chi connectivity index (χ4v) is 4.65. The maximum absolute atomic E-state index is 13.1. The Balaban J connectivity index is 1.56. The van der Waals surface area contributed by atoms with Crippen molar-refractivity contribution < 1.29 is 9.53 Å². The van der Waals surface area contributed by atoms with Crippen molar-refractivity contribution in [2.75, 3.05) is 12.9 Å². The summed E-state index contributed by atoms with van der Waals surface area (Å²) < 4.78 is 9.44. The highest BCUT2D eigenvalue weighted by atomic mass is 32.2. The first-order valence-electron chi connectivity index (χ1n) is 10.9. The standard InChI is InChI=1S/C25H28N6O2S/c1-16-10-11-17(2)20(14-16)31-18(3)28-29-25(31)34-15-22(32)27-23(24-26-12-13-30(24)4)19-8-6-7-9-21(19)33-5/h6-14,23H,15H2,1-5H3,(H,27,32). The van der Waals surface area contributed by atoms with Crippen LogP contribution in [0, 0.1) is 20.8 Å². The third-order valence-electron chi connectivity index (χ3n) is 5.60. The fraction of sp³-hybridized carbons (Fsp3) is 0.280. The number of nitrogens with zero attached hydrogens (tertiary/aromatic N) is 5. The zero-order valence-electron chi connectivity index (χ0n) is 19.9. The highest BCUT2D eigenvalue weighted by molar-refractivity contribution is 7.99. The minimum atomic E-state index is -0.456. The van der Waals surface area contributed by atoms with Crippen LogP contribution in [0.3, 0.4) is 0 Å². The summed E-state index contributed by atoms with van der Waals surface area (Å²) in [5.74, 6) is 2.22. The Hall–Kier alpha value is -3.59. The van der Waals surface area contributed by atoms with Gasteiger partial charge in [-0.15, -0.1) is 10.2 Å². The Morgan fingerprint density at radius 2 is 1.94 bits per heavy atom. The summed E-state index contributed by atoms with van der Waals surface area (Å²) in [6.07, 6.45) is 3.57. The summed E-state index contributed by atoms with van der Waals surface area (Å²) in [7, 11) is 3.52. The second-order valence-electron chi connectivity index (χ2n) is 8.08. The lowest BCUT2D eigenvalue weighted by Crippen LogP contribution is -2.32. The summed E-state index contributed by atoms with van der Waals surface area (Å²) >= 11 is 1.35. The van der Waals surface area contributed by atoms with Gasteiger partial charge in [0.2, 0.25) is 5.91 Å². The van der Waals surface area contributed by atoms with E-state index in [-0.39, 0.29) is 11.7 Å². The number of aryl methyl sites for hydroxylation is 4. The predicted octanol–water partition coefficient (Wildman–Crippen LogP) is 3.93. The van der Waals surface area contributed by atoms with Crippen LogP contribution < -0.4 is 10.1 Å². The lowest BCUT2D eigenvalue weighted by molar-refractivity contribution is -0.119. The number of benzene rings is 2. The molecular formula is C25H28N6O2S. The molecule has 0 saturated heterocycles.